The van der Waals surface area contributed by atoms with Crippen LogP contribution in [0.15, 0.2) is 30.7 Å². The number of rotatable bonds is 5. The summed E-state index contributed by atoms with van der Waals surface area (Å²) in [5.74, 6) is 1.91. The lowest BCUT2D eigenvalue weighted by atomic mass is 9.69. The zero-order chi connectivity index (χ0) is 23.5. The van der Waals surface area contributed by atoms with Crippen LogP contribution in [0, 0.1) is 0 Å². The van der Waals surface area contributed by atoms with Crippen LogP contribution < -0.4 is 10.2 Å². The molecule has 34 heavy (non-hydrogen) atoms. The van der Waals surface area contributed by atoms with Gasteiger partial charge in [-0.15, -0.1) is 10.2 Å². The number of aromatic nitrogens is 6. The fourth-order valence-corrected chi connectivity index (χ4v) is 6.20. The van der Waals surface area contributed by atoms with Crippen molar-refractivity contribution in [3.63, 3.8) is 0 Å². The van der Waals surface area contributed by atoms with Crippen LogP contribution in [0.3, 0.4) is 0 Å². The molecular weight excluding hydrogens is 428 g/mol. The van der Waals surface area contributed by atoms with Crippen molar-refractivity contribution in [2.75, 3.05) is 4.90 Å². The maximum Gasteiger partial charge on any atom is 0.185 e. The highest BCUT2D eigenvalue weighted by Crippen LogP contribution is 2.45. The smallest absolute Gasteiger partial charge is 0.185 e. The number of hydrogen-bond donors (Lipinski definition) is 2. The van der Waals surface area contributed by atoms with Gasteiger partial charge in [0.2, 0.25) is 0 Å². The van der Waals surface area contributed by atoms with E-state index in [9.17, 15) is 5.11 Å². The van der Waals surface area contributed by atoms with E-state index >= 15 is 0 Å². The van der Waals surface area contributed by atoms with E-state index in [0.717, 1.165) is 24.2 Å². The first-order valence-corrected chi connectivity index (χ1v) is 12.3. The average Bonchev–Trinajstić information content (AvgIpc) is 3.52. The number of piperidine rings is 2. The number of hydrogen-bond acceptors (Lipinski definition) is 8. The van der Waals surface area contributed by atoms with Crippen molar-refractivity contribution in [2.45, 2.75) is 82.0 Å². The van der Waals surface area contributed by atoms with Crippen molar-refractivity contribution in [2.24, 2.45) is 7.05 Å². The van der Waals surface area contributed by atoms with Gasteiger partial charge in [-0.1, -0.05) is 6.07 Å². The monoisotopic (exact) mass is 460 g/mol. The molecule has 178 valence electrons. The van der Waals surface area contributed by atoms with E-state index in [1.54, 1.807) is 23.1 Å². The van der Waals surface area contributed by atoms with Crippen LogP contribution in [0.25, 0.3) is 22.8 Å². The zero-order valence-corrected chi connectivity index (χ0v) is 20.1. The highest BCUT2D eigenvalue weighted by Gasteiger charge is 2.49. The van der Waals surface area contributed by atoms with Crippen molar-refractivity contribution in [1.82, 2.24) is 35.3 Å². The summed E-state index contributed by atoms with van der Waals surface area (Å²) in [6, 6.07) is 6.27. The summed E-state index contributed by atoms with van der Waals surface area (Å²) in [5, 5.41) is 27.9. The Morgan fingerprint density at radius 2 is 1.79 bits per heavy atom. The molecule has 4 heterocycles. The Balaban J connectivity index is 1.26. The van der Waals surface area contributed by atoms with E-state index in [4.69, 9.17) is 0 Å². The number of phenolic OH excluding ortho intramolecular Hbond substituents is 1. The summed E-state index contributed by atoms with van der Waals surface area (Å²) in [5.41, 5.74) is 1.65. The van der Waals surface area contributed by atoms with Crippen molar-refractivity contribution < 1.29 is 5.11 Å². The molecule has 3 fully saturated rings. The standard InChI is InChI=1S/C25H32N8O/c1-24-9-4-10-25(2,31-24)13-18(12-24)33(17-6-7-17)21-14-26-23(29-28-21)19-8-5-16(11-20(19)34)22-27-15-32(3)30-22/h5,8,11,14-15,17-18,31,34H,4,6-7,9-10,12-13H2,1-3H3/t18-,24-,25+. The number of benzene rings is 1. The molecule has 2 aliphatic heterocycles. The lowest BCUT2D eigenvalue weighted by molar-refractivity contribution is 0.0766. The first-order valence-electron chi connectivity index (χ1n) is 12.3. The molecule has 2 aromatic heterocycles. The summed E-state index contributed by atoms with van der Waals surface area (Å²) in [6.45, 7) is 4.75. The van der Waals surface area contributed by atoms with Gasteiger partial charge >= 0.3 is 0 Å². The lowest BCUT2D eigenvalue weighted by Gasteiger charge is -2.55. The van der Waals surface area contributed by atoms with E-state index in [1.807, 2.05) is 19.3 Å². The maximum absolute atomic E-state index is 10.7. The Labute approximate surface area is 199 Å². The Kier molecular flexibility index (Phi) is 4.88. The molecule has 2 bridgehead atoms. The van der Waals surface area contributed by atoms with E-state index < -0.39 is 0 Å². The minimum absolute atomic E-state index is 0.0885. The number of aromatic hydroxyl groups is 1. The Bertz CT molecular complexity index is 1190. The summed E-state index contributed by atoms with van der Waals surface area (Å²) in [4.78, 5) is 11.4. The van der Waals surface area contributed by atoms with Gasteiger partial charge in [-0.05, 0) is 70.9 Å². The van der Waals surface area contributed by atoms with Crippen LogP contribution in [-0.2, 0) is 7.05 Å². The highest BCUT2D eigenvalue weighted by atomic mass is 16.3. The molecule has 3 atom stereocenters. The number of phenols is 1. The van der Waals surface area contributed by atoms with Gasteiger partial charge in [-0.2, -0.15) is 5.10 Å². The fraction of sp³-hybridized carbons (Fsp3) is 0.560. The van der Waals surface area contributed by atoms with E-state index in [1.165, 1.54) is 32.1 Å². The molecule has 2 N–H and O–H groups in total. The van der Waals surface area contributed by atoms with Crippen LogP contribution >= 0.6 is 0 Å². The summed E-state index contributed by atoms with van der Waals surface area (Å²) >= 11 is 0. The SMILES string of the molecule is Cn1cnc(-c2ccc(-c3ncc(N(C4CC4)[C@H]4C[C@]5(C)CCC[C@](C)(C4)N5)nn3)c(O)c2)n1. The van der Waals surface area contributed by atoms with Crippen LogP contribution in [0.5, 0.6) is 5.75 Å². The normalized spacial score (nSPS) is 28.6. The highest BCUT2D eigenvalue weighted by molar-refractivity contribution is 5.70. The first kappa shape index (κ1) is 21.5. The van der Waals surface area contributed by atoms with Crippen LogP contribution in [-0.4, -0.2) is 58.2 Å². The number of fused-ring (bicyclic) bond motifs is 2. The largest absolute Gasteiger partial charge is 0.507 e. The maximum atomic E-state index is 10.7. The summed E-state index contributed by atoms with van der Waals surface area (Å²) in [7, 11) is 1.81. The Morgan fingerprint density at radius 3 is 2.38 bits per heavy atom. The van der Waals surface area contributed by atoms with Gasteiger partial charge in [0.05, 0.1) is 11.8 Å². The van der Waals surface area contributed by atoms with Gasteiger partial charge in [-0.25, -0.2) is 9.97 Å². The van der Waals surface area contributed by atoms with Crippen LogP contribution in [0.4, 0.5) is 5.82 Å². The Hall–Kier alpha value is -3.07. The molecule has 0 spiro atoms. The molecule has 3 aromatic rings. The second-order valence-electron chi connectivity index (χ2n) is 10.9. The van der Waals surface area contributed by atoms with Crippen molar-refractivity contribution >= 4 is 5.82 Å². The predicted octanol–water partition coefficient (Wildman–Crippen LogP) is 3.46. The summed E-state index contributed by atoms with van der Waals surface area (Å²) < 4.78 is 1.63. The van der Waals surface area contributed by atoms with Crippen LogP contribution in [0.2, 0.25) is 0 Å². The van der Waals surface area contributed by atoms with E-state index in [-0.39, 0.29) is 16.8 Å². The van der Waals surface area contributed by atoms with Gasteiger partial charge in [0.25, 0.3) is 0 Å². The molecule has 6 rings (SSSR count). The third-order valence-corrected chi connectivity index (χ3v) is 7.68. The average molecular weight is 461 g/mol. The third kappa shape index (κ3) is 3.91. The molecule has 0 unspecified atom stereocenters. The van der Waals surface area contributed by atoms with Crippen molar-refractivity contribution in [3.8, 4) is 28.5 Å². The van der Waals surface area contributed by atoms with Gasteiger partial charge < -0.3 is 15.3 Å². The topological polar surface area (TPSA) is 105 Å². The molecule has 1 saturated carbocycles. The molecular formula is C25H32N8O. The molecule has 0 amide bonds. The molecule has 1 aromatic carbocycles. The van der Waals surface area contributed by atoms with Gasteiger partial charge in [0.1, 0.15) is 12.1 Å². The quantitative estimate of drug-likeness (QED) is 0.596. The number of nitrogens with one attached hydrogen (secondary N) is 1. The van der Waals surface area contributed by atoms with E-state index in [0.29, 0.717) is 29.3 Å². The van der Waals surface area contributed by atoms with Crippen LogP contribution in [0.1, 0.15) is 58.8 Å². The Morgan fingerprint density at radius 1 is 1.03 bits per heavy atom. The molecule has 0 radical (unpaired) electrons. The van der Waals surface area contributed by atoms with E-state index in [2.05, 4.69) is 49.3 Å². The van der Waals surface area contributed by atoms with Crippen molar-refractivity contribution in [1.29, 1.82) is 0 Å². The molecule has 1 aliphatic carbocycles. The second-order valence-corrected chi connectivity index (χ2v) is 10.9. The fourth-order valence-electron chi connectivity index (χ4n) is 6.20. The number of aryl methyl sites for hydroxylation is 1. The minimum atomic E-state index is 0.0885. The molecule has 3 aliphatic rings. The summed E-state index contributed by atoms with van der Waals surface area (Å²) in [6.07, 6.45) is 11.8. The van der Waals surface area contributed by atoms with Gasteiger partial charge in [0, 0.05) is 35.8 Å². The lowest BCUT2D eigenvalue weighted by Crippen LogP contribution is -2.67. The molecule has 9 nitrogen and oxygen atoms in total. The van der Waals surface area contributed by atoms with Gasteiger partial charge in [-0.3, -0.25) is 4.68 Å². The predicted molar refractivity (Wildman–Crippen MR) is 129 cm³/mol. The molecule has 2 saturated heterocycles. The zero-order valence-electron chi connectivity index (χ0n) is 20.1. The minimum Gasteiger partial charge on any atom is -0.507 e. The van der Waals surface area contributed by atoms with Crippen molar-refractivity contribution in [3.05, 3.63) is 30.7 Å². The third-order valence-electron chi connectivity index (χ3n) is 7.68. The molecule has 9 heteroatoms. The van der Waals surface area contributed by atoms with Gasteiger partial charge in [0.15, 0.2) is 17.5 Å². The number of nitrogens with zero attached hydrogens (tertiary/aromatic N) is 7. The number of anilines is 1. The first-order chi connectivity index (χ1) is 16.3. The second kappa shape index (κ2) is 7.73.